The summed E-state index contributed by atoms with van der Waals surface area (Å²) in [6, 6.07) is 11.6. The lowest BCUT2D eigenvalue weighted by atomic mass is 10.1. The largest absolute Gasteiger partial charge is 0.478 e. The minimum Gasteiger partial charge on any atom is -0.478 e. The molecule has 2 heterocycles. The van der Waals surface area contributed by atoms with Gasteiger partial charge in [0.05, 0.1) is 11.6 Å². The number of nitrogens with zero attached hydrogens (tertiary/aromatic N) is 2. The zero-order valence-electron chi connectivity index (χ0n) is 15.0. The molecule has 0 bridgehead atoms. The minimum atomic E-state index is -0.308. The Hall–Kier alpha value is -2.11. The number of hydrogen-bond acceptors (Lipinski definition) is 4. The molecule has 0 atom stereocenters. The number of halogens is 1. The molecule has 0 unspecified atom stereocenters. The normalized spacial score (nSPS) is 14.4. The number of hydrogen-bond donors (Lipinski definition) is 1. The molecule has 0 spiro atoms. The Bertz CT molecular complexity index is 743. The van der Waals surface area contributed by atoms with Crippen LogP contribution < -0.4 is 10.1 Å². The third-order valence-corrected chi connectivity index (χ3v) is 4.71. The molecule has 5 nitrogen and oxygen atoms in total. The summed E-state index contributed by atoms with van der Waals surface area (Å²) in [5.41, 5.74) is 2.53. The smallest absolute Gasteiger partial charge is 0.271 e. The summed E-state index contributed by atoms with van der Waals surface area (Å²) in [7, 11) is 0. The fraction of sp³-hybridized carbons (Fsp3) is 0.400. The zero-order valence-corrected chi connectivity index (χ0v) is 15.8. The van der Waals surface area contributed by atoms with E-state index in [0.717, 1.165) is 12.1 Å². The van der Waals surface area contributed by atoms with Crippen molar-refractivity contribution >= 4 is 17.5 Å². The molecule has 2 aromatic rings. The summed E-state index contributed by atoms with van der Waals surface area (Å²) in [6.07, 6.45) is 2.59. The SMILES string of the molecule is CCOc1ccc(Cl)c(C(=O)NCc2ccc(CN3CCCC3)cc2)n1. The van der Waals surface area contributed by atoms with E-state index in [0.29, 0.717) is 24.1 Å². The summed E-state index contributed by atoms with van der Waals surface area (Å²) < 4.78 is 5.33. The first-order chi connectivity index (χ1) is 12.7. The van der Waals surface area contributed by atoms with Crippen LogP contribution in [0.5, 0.6) is 5.88 Å². The molecule has 1 amide bonds. The van der Waals surface area contributed by atoms with E-state index in [4.69, 9.17) is 16.3 Å². The predicted molar refractivity (Wildman–Crippen MR) is 103 cm³/mol. The quantitative estimate of drug-likeness (QED) is 0.804. The van der Waals surface area contributed by atoms with E-state index in [-0.39, 0.29) is 11.6 Å². The number of ether oxygens (including phenoxy) is 1. The van der Waals surface area contributed by atoms with Crippen molar-refractivity contribution in [3.8, 4) is 5.88 Å². The minimum absolute atomic E-state index is 0.184. The van der Waals surface area contributed by atoms with Crippen molar-refractivity contribution in [3.05, 3.63) is 58.2 Å². The van der Waals surface area contributed by atoms with Gasteiger partial charge < -0.3 is 10.1 Å². The Morgan fingerprint density at radius 3 is 2.54 bits per heavy atom. The molecular weight excluding hydrogens is 350 g/mol. The Labute approximate surface area is 159 Å². The van der Waals surface area contributed by atoms with Gasteiger partial charge in [-0.05, 0) is 50.0 Å². The van der Waals surface area contributed by atoms with Gasteiger partial charge in [-0.2, -0.15) is 0 Å². The molecule has 0 radical (unpaired) electrons. The van der Waals surface area contributed by atoms with E-state index in [9.17, 15) is 4.79 Å². The third-order valence-electron chi connectivity index (χ3n) is 4.41. The fourth-order valence-electron chi connectivity index (χ4n) is 3.04. The highest BCUT2D eigenvalue weighted by Crippen LogP contribution is 2.18. The molecule has 1 saturated heterocycles. The average molecular weight is 374 g/mol. The van der Waals surface area contributed by atoms with Gasteiger partial charge in [0.2, 0.25) is 5.88 Å². The van der Waals surface area contributed by atoms with E-state index >= 15 is 0 Å². The number of aromatic nitrogens is 1. The molecule has 1 N–H and O–H groups in total. The highest BCUT2D eigenvalue weighted by molar-refractivity contribution is 6.33. The molecule has 1 aromatic carbocycles. The van der Waals surface area contributed by atoms with Crippen LogP contribution in [0, 0.1) is 0 Å². The van der Waals surface area contributed by atoms with E-state index in [1.807, 2.05) is 6.92 Å². The number of carbonyl (C=O) groups is 1. The number of benzene rings is 1. The van der Waals surface area contributed by atoms with Gasteiger partial charge in [-0.25, -0.2) is 4.98 Å². The van der Waals surface area contributed by atoms with E-state index in [1.165, 1.54) is 31.5 Å². The number of likely N-dealkylation sites (tertiary alicyclic amines) is 1. The van der Waals surface area contributed by atoms with Crippen molar-refractivity contribution < 1.29 is 9.53 Å². The van der Waals surface area contributed by atoms with Gasteiger partial charge in [-0.3, -0.25) is 9.69 Å². The summed E-state index contributed by atoms with van der Waals surface area (Å²) in [6.45, 7) is 6.15. The highest BCUT2D eigenvalue weighted by atomic mass is 35.5. The van der Waals surface area contributed by atoms with Gasteiger partial charge in [0, 0.05) is 19.2 Å². The lowest BCUT2D eigenvalue weighted by Crippen LogP contribution is -2.24. The van der Waals surface area contributed by atoms with Crippen molar-refractivity contribution in [3.63, 3.8) is 0 Å². The van der Waals surface area contributed by atoms with Crippen molar-refractivity contribution in [2.24, 2.45) is 0 Å². The topological polar surface area (TPSA) is 54.5 Å². The van der Waals surface area contributed by atoms with E-state index < -0.39 is 0 Å². The first kappa shape index (κ1) is 18.7. The molecule has 1 fully saturated rings. The number of pyridine rings is 1. The van der Waals surface area contributed by atoms with Gasteiger partial charge in [0.1, 0.15) is 0 Å². The first-order valence-electron chi connectivity index (χ1n) is 9.03. The summed E-state index contributed by atoms with van der Waals surface area (Å²) >= 11 is 6.09. The van der Waals surface area contributed by atoms with E-state index in [1.54, 1.807) is 12.1 Å². The van der Waals surface area contributed by atoms with Crippen LogP contribution in [-0.2, 0) is 13.1 Å². The van der Waals surface area contributed by atoms with Crippen LogP contribution in [0.3, 0.4) is 0 Å². The van der Waals surface area contributed by atoms with Gasteiger partial charge in [-0.1, -0.05) is 35.9 Å². The summed E-state index contributed by atoms with van der Waals surface area (Å²) in [5.74, 6) is 0.0889. The molecule has 3 rings (SSSR count). The van der Waals surface area contributed by atoms with Crippen LogP contribution >= 0.6 is 11.6 Å². The Balaban J connectivity index is 1.56. The van der Waals surface area contributed by atoms with Gasteiger partial charge in [-0.15, -0.1) is 0 Å². The van der Waals surface area contributed by atoms with Gasteiger partial charge in [0.25, 0.3) is 5.91 Å². The summed E-state index contributed by atoms with van der Waals surface area (Å²) in [4.78, 5) is 19.0. The van der Waals surface area contributed by atoms with Crippen LogP contribution in [0.2, 0.25) is 5.02 Å². The number of amides is 1. The Kier molecular flexibility index (Phi) is 6.47. The van der Waals surface area contributed by atoms with Crippen LogP contribution in [0.15, 0.2) is 36.4 Å². The van der Waals surface area contributed by atoms with Crippen molar-refractivity contribution in [1.29, 1.82) is 0 Å². The Morgan fingerprint density at radius 1 is 1.15 bits per heavy atom. The molecule has 1 aromatic heterocycles. The van der Waals surface area contributed by atoms with Crippen LogP contribution in [-0.4, -0.2) is 35.5 Å². The predicted octanol–water partition coefficient (Wildman–Crippen LogP) is 3.66. The van der Waals surface area contributed by atoms with Crippen molar-refractivity contribution in [1.82, 2.24) is 15.2 Å². The maximum absolute atomic E-state index is 12.4. The first-order valence-corrected chi connectivity index (χ1v) is 9.41. The molecule has 138 valence electrons. The van der Waals surface area contributed by atoms with Gasteiger partial charge in [0.15, 0.2) is 5.69 Å². The average Bonchev–Trinajstić information content (AvgIpc) is 3.16. The molecular formula is C20H24ClN3O2. The second kappa shape index (κ2) is 9.01. The molecule has 1 aliphatic rings. The Morgan fingerprint density at radius 2 is 1.85 bits per heavy atom. The second-order valence-corrected chi connectivity index (χ2v) is 6.80. The van der Waals surface area contributed by atoms with Crippen LogP contribution in [0.4, 0.5) is 0 Å². The van der Waals surface area contributed by atoms with Crippen molar-refractivity contribution in [2.75, 3.05) is 19.7 Å². The van der Waals surface area contributed by atoms with Crippen molar-refractivity contribution in [2.45, 2.75) is 32.9 Å². The number of carbonyl (C=O) groups excluding carboxylic acids is 1. The number of nitrogens with one attached hydrogen (secondary N) is 1. The lowest BCUT2D eigenvalue weighted by Gasteiger charge is -2.14. The third kappa shape index (κ3) is 4.96. The molecule has 6 heteroatoms. The molecule has 26 heavy (non-hydrogen) atoms. The summed E-state index contributed by atoms with van der Waals surface area (Å²) in [5, 5.41) is 3.18. The molecule has 0 saturated carbocycles. The van der Waals surface area contributed by atoms with Crippen LogP contribution in [0.25, 0.3) is 0 Å². The highest BCUT2D eigenvalue weighted by Gasteiger charge is 2.14. The van der Waals surface area contributed by atoms with E-state index in [2.05, 4.69) is 39.5 Å². The molecule has 0 aliphatic carbocycles. The van der Waals surface area contributed by atoms with Crippen LogP contribution in [0.1, 0.15) is 41.4 Å². The van der Waals surface area contributed by atoms with Gasteiger partial charge >= 0.3 is 0 Å². The standard InChI is InChI=1S/C20H24ClN3O2/c1-2-26-18-10-9-17(21)19(23-18)20(25)22-13-15-5-7-16(8-6-15)14-24-11-3-4-12-24/h5-10H,2-4,11-14H2,1H3,(H,22,25). The fourth-order valence-corrected chi connectivity index (χ4v) is 3.23. The maximum Gasteiger partial charge on any atom is 0.271 e. The number of rotatable bonds is 7. The monoisotopic (exact) mass is 373 g/mol. The lowest BCUT2D eigenvalue weighted by molar-refractivity contribution is 0.0945. The zero-order chi connectivity index (χ0) is 18.4. The maximum atomic E-state index is 12.4. The molecule has 1 aliphatic heterocycles. The second-order valence-electron chi connectivity index (χ2n) is 6.40.